The molecule has 1 amide bonds. The van der Waals surface area contributed by atoms with Crippen molar-refractivity contribution in [1.29, 1.82) is 0 Å². The van der Waals surface area contributed by atoms with E-state index >= 15 is 0 Å². The number of rotatable bonds is 2. The molecule has 0 bridgehead atoms. The first-order valence-corrected chi connectivity index (χ1v) is 5.96. The molecule has 94 valence electrons. The summed E-state index contributed by atoms with van der Waals surface area (Å²) in [6, 6.07) is 1.76. The second-order valence-electron chi connectivity index (χ2n) is 4.54. The van der Waals surface area contributed by atoms with Crippen LogP contribution in [0.15, 0.2) is 23.0 Å². The topological polar surface area (TPSA) is 73.0 Å². The predicted octanol–water partition coefficient (Wildman–Crippen LogP) is 0.924. The molecular formula is C12H14N4O2. The second kappa shape index (κ2) is 4.29. The molecule has 0 spiro atoms. The number of hydrogen-bond donors (Lipinski definition) is 1. The van der Waals surface area contributed by atoms with Gasteiger partial charge in [-0.1, -0.05) is 5.16 Å². The highest BCUT2D eigenvalue weighted by molar-refractivity contribution is 5.91. The molecule has 1 atom stereocenters. The summed E-state index contributed by atoms with van der Waals surface area (Å²) in [5.41, 5.74) is 0.709. The predicted molar refractivity (Wildman–Crippen MR) is 63.0 cm³/mol. The fraction of sp³-hybridized carbons (Fsp3) is 0.417. The highest BCUT2D eigenvalue weighted by Gasteiger charge is 2.22. The van der Waals surface area contributed by atoms with Gasteiger partial charge in [0.15, 0.2) is 0 Å². The van der Waals surface area contributed by atoms with Gasteiger partial charge in [0.1, 0.15) is 5.82 Å². The molecule has 3 rings (SSSR count). The fourth-order valence-corrected chi connectivity index (χ4v) is 2.21. The van der Waals surface area contributed by atoms with Gasteiger partial charge in [-0.15, -0.1) is 0 Å². The van der Waals surface area contributed by atoms with Gasteiger partial charge in [0, 0.05) is 37.5 Å². The molecular weight excluding hydrogens is 232 g/mol. The molecule has 2 aromatic heterocycles. The number of aromatic nitrogens is 3. The van der Waals surface area contributed by atoms with Crippen molar-refractivity contribution >= 4 is 5.91 Å². The van der Waals surface area contributed by atoms with Gasteiger partial charge in [0.2, 0.25) is 5.76 Å². The first kappa shape index (κ1) is 11.0. The summed E-state index contributed by atoms with van der Waals surface area (Å²) in [6.45, 7) is 2.55. The van der Waals surface area contributed by atoms with Gasteiger partial charge in [-0.3, -0.25) is 4.79 Å². The minimum absolute atomic E-state index is 0.115. The third-order valence-corrected chi connectivity index (χ3v) is 3.12. The number of fused-ring (bicyclic) bond motifs is 1. The molecule has 2 aromatic rings. The molecule has 1 aliphatic heterocycles. The normalized spacial score (nSPS) is 18.4. The standard InChI is InChI=1S/C12H14N4O2/c1-8-6-10(18-15-8)12(17)14-9-2-3-11-13-4-5-16(11)7-9/h4-6,9H,2-3,7H2,1H3,(H,14,17)/t9-/m0/s1. The van der Waals surface area contributed by atoms with Crippen LogP contribution in [0.4, 0.5) is 0 Å². The zero-order chi connectivity index (χ0) is 12.5. The molecule has 0 aliphatic carbocycles. The second-order valence-corrected chi connectivity index (χ2v) is 4.54. The van der Waals surface area contributed by atoms with Gasteiger partial charge in [0.25, 0.3) is 5.91 Å². The van der Waals surface area contributed by atoms with Crippen LogP contribution in [0.2, 0.25) is 0 Å². The maximum absolute atomic E-state index is 11.9. The van der Waals surface area contributed by atoms with Crippen LogP contribution in [0.5, 0.6) is 0 Å². The molecule has 0 radical (unpaired) electrons. The summed E-state index contributed by atoms with van der Waals surface area (Å²) in [6.07, 6.45) is 5.51. The molecule has 3 heterocycles. The van der Waals surface area contributed by atoms with Gasteiger partial charge in [-0.2, -0.15) is 0 Å². The van der Waals surface area contributed by atoms with Crippen molar-refractivity contribution < 1.29 is 9.32 Å². The Kier molecular flexibility index (Phi) is 2.62. The Labute approximate surface area is 104 Å². The molecule has 0 fully saturated rings. The Morgan fingerprint density at radius 2 is 2.50 bits per heavy atom. The van der Waals surface area contributed by atoms with E-state index in [0.717, 1.165) is 25.2 Å². The summed E-state index contributed by atoms with van der Waals surface area (Å²) < 4.78 is 7.01. The summed E-state index contributed by atoms with van der Waals surface area (Å²) in [5, 5.41) is 6.67. The molecule has 0 aromatic carbocycles. The number of hydrogen-bond acceptors (Lipinski definition) is 4. The van der Waals surface area contributed by atoms with Crippen molar-refractivity contribution in [3.63, 3.8) is 0 Å². The molecule has 18 heavy (non-hydrogen) atoms. The zero-order valence-corrected chi connectivity index (χ0v) is 10.1. The summed E-state index contributed by atoms with van der Waals surface area (Å²) in [5.74, 6) is 1.14. The molecule has 6 heteroatoms. The third kappa shape index (κ3) is 2.01. The van der Waals surface area contributed by atoms with Crippen molar-refractivity contribution in [1.82, 2.24) is 20.0 Å². The number of aryl methyl sites for hydroxylation is 2. The van der Waals surface area contributed by atoms with Gasteiger partial charge in [0.05, 0.1) is 5.69 Å². The van der Waals surface area contributed by atoms with E-state index in [9.17, 15) is 4.79 Å². The lowest BCUT2D eigenvalue weighted by Gasteiger charge is -2.24. The lowest BCUT2D eigenvalue weighted by molar-refractivity contribution is 0.0890. The zero-order valence-electron chi connectivity index (χ0n) is 10.1. The highest BCUT2D eigenvalue weighted by Crippen LogP contribution is 2.13. The van der Waals surface area contributed by atoms with E-state index in [1.54, 1.807) is 19.2 Å². The van der Waals surface area contributed by atoms with Crippen molar-refractivity contribution in [2.45, 2.75) is 32.4 Å². The van der Waals surface area contributed by atoms with Crippen LogP contribution in [-0.4, -0.2) is 26.7 Å². The maximum atomic E-state index is 11.9. The molecule has 0 unspecified atom stereocenters. The molecule has 0 saturated carbocycles. The largest absolute Gasteiger partial charge is 0.351 e. The molecule has 1 aliphatic rings. The van der Waals surface area contributed by atoms with Crippen LogP contribution in [0.3, 0.4) is 0 Å². The number of nitrogens with zero attached hydrogens (tertiary/aromatic N) is 3. The SMILES string of the molecule is Cc1cc(C(=O)N[C@H]2CCc3nccn3C2)on1. The van der Waals surface area contributed by atoms with E-state index in [2.05, 4.69) is 20.0 Å². The monoisotopic (exact) mass is 246 g/mol. The van der Waals surface area contributed by atoms with Crippen molar-refractivity contribution in [3.8, 4) is 0 Å². The van der Waals surface area contributed by atoms with E-state index in [4.69, 9.17) is 4.52 Å². The Morgan fingerprint density at radius 1 is 1.61 bits per heavy atom. The quantitative estimate of drug-likeness (QED) is 0.855. The van der Waals surface area contributed by atoms with Crippen LogP contribution >= 0.6 is 0 Å². The van der Waals surface area contributed by atoms with Crippen LogP contribution < -0.4 is 5.32 Å². The van der Waals surface area contributed by atoms with Crippen molar-refractivity contribution in [2.75, 3.05) is 0 Å². The smallest absolute Gasteiger partial charge is 0.290 e. The number of imidazole rings is 1. The Bertz CT molecular complexity index is 572. The molecule has 6 nitrogen and oxygen atoms in total. The van der Waals surface area contributed by atoms with Crippen LogP contribution in [-0.2, 0) is 13.0 Å². The Hall–Kier alpha value is -2.11. The van der Waals surface area contributed by atoms with Crippen LogP contribution in [0, 0.1) is 6.92 Å². The van der Waals surface area contributed by atoms with E-state index in [1.165, 1.54) is 0 Å². The minimum Gasteiger partial charge on any atom is -0.351 e. The number of amides is 1. The van der Waals surface area contributed by atoms with Crippen LogP contribution in [0.25, 0.3) is 0 Å². The van der Waals surface area contributed by atoms with Gasteiger partial charge in [-0.05, 0) is 13.3 Å². The third-order valence-electron chi connectivity index (χ3n) is 3.12. The molecule has 0 saturated heterocycles. The van der Waals surface area contributed by atoms with E-state index in [1.807, 2.05) is 6.20 Å². The summed E-state index contributed by atoms with van der Waals surface area (Å²) in [4.78, 5) is 16.2. The maximum Gasteiger partial charge on any atom is 0.290 e. The lowest BCUT2D eigenvalue weighted by Crippen LogP contribution is -2.40. The van der Waals surface area contributed by atoms with Crippen molar-refractivity contribution in [2.24, 2.45) is 0 Å². The van der Waals surface area contributed by atoms with E-state index in [-0.39, 0.29) is 17.7 Å². The van der Waals surface area contributed by atoms with Crippen LogP contribution in [0.1, 0.15) is 28.5 Å². The average Bonchev–Trinajstić information content (AvgIpc) is 2.96. The molecule has 1 N–H and O–H groups in total. The number of carbonyl (C=O) groups is 1. The van der Waals surface area contributed by atoms with Gasteiger partial charge < -0.3 is 14.4 Å². The first-order chi connectivity index (χ1) is 8.72. The number of carbonyl (C=O) groups excluding carboxylic acids is 1. The number of nitrogens with one attached hydrogen (secondary N) is 1. The van der Waals surface area contributed by atoms with E-state index < -0.39 is 0 Å². The highest BCUT2D eigenvalue weighted by atomic mass is 16.5. The summed E-state index contributed by atoms with van der Waals surface area (Å²) in [7, 11) is 0. The van der Waals surface area contributed by atoms with Crippen molar-refractivity contribution in [3.05, 3.63) is 35.7 Å². The first-order valence-electron chi connectivity index (χ1n) is 5.96. The fourth-order valence-electron chi connectivity index (χ4n) is 2.21. The average molecular weight is 246 g/mol. The van der Waals surface area contributed by atoms with Gasteiger partial charge in [-0.25, -0.2) is 4.98 Å². The van der Waals surface area contributed by atoms with E-state index in [0.29, 0.717) is 5.69 Å². The Balaban J connectivity index is 1.66. The Morgan fingerprint density at radius 3 is 3.28 bits per heavy atom. The van der Waals surface area contributed by atoms with Gasteiger partial charge >= 0.3 is 0 Å². The lowest BCUT2D eigenvalue weighted by atomic mass is 10.1. The summed E-state index contributed by atoms with van der Waals surface area (Å²) >= 11 is 0. The minimum atomic E-state index is -0.204.